The van der Waals surface area contributed by atoms with Gasteiger partial charge in [0.25, 0.3) is 0 Å². The molecule has 11 heavy (non-hydrogen) atoms. The zero-order chi connectivity index (χ0) is 8.85. The van der Waals surface area contributed by atoms with Gasteiger partial charge in [-0.15, -0.1) is 0 Å². The molecule has 1 nitrogen and oxygen atoms in total. The summed E-state index contributed by atoms with van der Waals surface area (Å²) in [6.07, 6.45) is 1.05. The van der Waals surface area contributed by atoms with Crippen molar-refractivity contribution in [3.63, 3.8) is 0 Å². The molecule has 0 radical (unpaired) electrons. The van der Waals surface area contributed by atoms with Gasteiger partial charge in [0, 0.05) is 0 Å². The minimum atomic E-state index is 0.630. The van der Waals surface area contributed by atoms with Gasteiger partial charge in [0.1, 0.15) is 5.76 Å². The average Bonchev–Trinajstić information content (AvgIpc) is 1.86. The molecule has 0 aromatic heterocycles. The van der Waals surface area contributed by atoms with E-state index in [2.05, 4.69) is 42.9 Å². The number of hydrogen-bond acceptors (Lipinski definition) is 1. The smallest absolute Gasteiger partial charge is 0.125 e. The van der Waals surface area contributed by atoms with Gasteiger partial charge in [-0.3, -0.25) is 0 Å². The van der Waals surface area contributed by atoms with E-state index >= 15 is 0 Å². The van der Waals surface area contributed by atoms with E-state index in [9.17, 15) is 0 Å². The van der Waals surface area contributed by atoms with E-state index < -0.39 is 0 Å². The van der Waals surface area contributed by atoms with Crippen LogP contribution in [0.3, 0.4) is 0 Å². The molecule has 0 fully saturated rings. The van der Waals surface area contributed by atoms with Crippen LogP contribution in [0.2, 0.25) is 0 Å². The van der Waals surface area contributed by atoms with Crippen molar-refractivity contribution in [3.05, 3.63) is 23.4 Å². The second-order valence-corrected chi connectivity index (χ2v) is 3.82. The predicted molar refractivity (Wildman–Crippen MR) is 52.6 cm³/mol. The van der Waals surface area contributed by atoms with Gasteiger partial charge in [-0.1, -0.05) is 27.0 Å². The molecule has 0 saturated heterocycles. The average molecular weight is 219 g/mol. The summed E-state index contributed by atoms with van der Waals surface area (Å²) >= 11 is 3.19. The highest BCUT2D eigenvalue weighted by atomic mass is 79.9. The first kappa shape index (κ1) is 10.8. The Morgan fingerprint density at radius 1 is 1.45 bits per heavy atom. The Balaban J connectivity index is 3.40. The van der Waals surface area contributed by atoms with Crippen molar-refractivity contribution in [3.8, 4) is 0 Å². The zero-order valence-electron chi connectivity index (χ0n) is 7.19. The van der Waals surface area contributed by atoms with E-state index in [1.165, 1.54) is 0 Å². The summed E-state index contributed by atoms with van der Waals surface area (Å²) in [6.45, 7) is 12.4. The van der Waals surface area contributed by atoms with Gasteiger partial charge < -0.3 is 4.74 Å². The van der Waals surface area contributed by atoms with Crippen LogP contribution in [0.5, 0.6) is 0 Å². The van der Waals surface area contributed by atoms with Crippen LogP contribution in [-0.4, -0.2) is 6.61 Å². The maximum Gasteiger partial charge on any atom is 0.125 e. The minimum absolute atomic E-state index is 0.630. The molecule has 0 spiro atoms. The summed E-state index contributed by atoms with van der Waals surface area (Å²) < 4.78 is 6.00. The lowest BCUT2D eigenvalue weighted by Crippen LogP contribution is -1.97. The lowest BCUT2D eigenvalue weighted by molar-refractivity contribution is 0.207. The monoisotopic (exact) mass is 218 g/mol. The topological polar surface area (TPSA) is 9.23 Å². The molecule has 0 aromatic rings. The highest BCUT2D eigenvalue weighted by Gasteiger charge is 1.97. The summed E-state index contributed by atoms with van der Waals surface area (Å²) in [6, 6.07) is 0. The molecule has 0 aliphatic heterocycles. The number of halogens is 1. The van der Waals surface area contributed by atoms with Crippen molar-refractivity contribution in [2.45, 2.75) is 20.3 Å². The van der Waals surface area contributed by atoms with Crippen molar-refractivity contribution < 1.29 is 4.74 Å². The van der Waals surface area contributed by atoms with E-state index in [1.54, 1.807) is 0 Å². The fourth-order valence-electron chi connectivity index (χ4n) is 0.496. The van der Waals surface area contributed by atoms with Gasteiger partial charge >= 0.3 is 0 Å². The molecule has 0 atom stereocenters. The summed E-state index contributed by atoms with van der Waals surface area (Å²) in [5.41, 5.74) is 0. The van der Waals surface area contributed by atoms with Crippen LogP contribution in [0.15, 0.2) is 23.4 Å². The highest BCUT2D eigenvalue weighted by Crippen LogP contribution is 2.14. The molecular weight excluding hydrogens is 204 g/mol. The Morgan fingerprint density at radius 3 is 2.36 bits per heavy atom. The Hall–Kier alpha value is -0.240. The zero-order valence-corrected chi connectivity index (χ0v) is 8.78. The largest absolute Gasteiger partial charge is 0.493 e. The van der Waals surface area contributed by atoms with Crippen LogP contribution in [0.25, 0.3) is 0 Å². The summed E-state index contributed by atoms with van der Waals surface area (Å²) in [5, 5.41) is 0. The van der Waals surface area contributed by atoms with Crippen LogP contribution >= 0.6 is 15.9 Å². The minimum Gasteiger partial charge on any atom is -0.493 e. The lowest BCUT2D eigenvalue weighted by Gasteiger charge is -2.08. The van der Waals surface area contributed by atoms with Crippen molar-refractivity contribution in [1.82, 2.24) is 0 Å². The molecule has 0 unspecified atom stereocenters. The molecule has 0 saturated carbocycles. The molecule has 0 N–H and O–H groups in total. The molecule has 0 aliphatic rings. The van der Waals surface area contributed by atoms with Crippen molar-refractivity contribution in [2.75, 3.05) is 6.61 Å². The van der Waals surface area contributed by atoms with Crippen molar-refractivity contribution in [1.29, 1.82) is 0 Å². The van der Waals surface area contributed by atoms with E-state index in [0.29, 0.717) is 11.7 Å². The predicted octanol–water partition coefficient (Wildman–Crippen LogP) is 3.47. The molecule has 0 amide bonds. The first-order valence-electron chi connectivity index (χ1n) is 3.70. The van der Waals surface area contributed by atoms with Crippen molar-refractivity contribution in [2.24, 2.45) is 5.92 Å². The molecule has 0 bridgehead atoms. The van der Waals surface area contributed by atoms with Crippen LogP contribution in [-0.2, 0) is 4.74 Å². The number of hydrogen-bond donors (Lipinski definition) is 0. The maximum absolute atomic E-state index is 5.27. The summed E-state index contributed by atoms with van der Waals surface area (Å²) in [5.74, 6) is 1.30. The van der Waals surface area contributed by atoms with Crippen LogP contribution in [0.4, 0.5) is 0 Å². The molecule has 2 heteroatoms. The van der Waals surface area contributed by atoms with E-state index in [4.69, 9.17) is 4.74 Å². The van der Waals surface area contributed by atoms with E-state index in [-0.39, 0.29) is 0 Å². The molecule has 0 rings (SSSR count). The number of ether oxygens (including phenoxy) is 1. The SMILES string of the molecule is C=C(Br)C(=C)OCCC(C)C. The first-order chi connectivity index (χ1) is 5.04. The van der Waals surface area contributed by atoms with Crippen molar-refractivity contribution >= 4 is 15.9 Å². The van der Waals surface area contributed by atoms with Crippen LogP contribution in [0.1, 0.15) is 20.3 Å². The number of rotatable bonds is 5. The molecule has 0 heterocycles. The summed E-state index contributed by atoms with van der Waals surface area (Å²) in [4.78, 5) is 0. The molecule has 0 aliphatic carbocycles. The van der Waals surface area contributed by atoms with Crippen LogP contribution in [0, 0.1) is 5.92 Å². The Labute approximate surface area is 77.3 Å². The third kappa shape index (κ3) is 6.17. The third-order valence-electron chi connectivity index (χ3n) is 1.27. The quantitative estimate of drug-likeness (QED) is 0.508. The Morgan fingerprint density at radius 2 is 2.00 bits per heavy atom. The van der Waals surface area contributed by atoms with Gasteiger partial charge in [-0.2, -0.15) is 0 Å². The molecule has 64 valence electrons. The summed E-state index contributed by atoms with van der Waals surface area (Å²) in [7, 11) is 0. The van der Waals surface area contributed by atoms with E-state index in [1.807, 2.05) is 0 Å². The third-order valence-corrected chi connectivity index (χ3v) is 1.72. The van der Waals surface area contributed by atoms with Gasteiger partial charge in [-0.05, 0) is 28.3 Å². The second kappa shape index (κ2) is 5.42. The number of allylic oxidation sites excluding steroid dienone is 1. The molecule has 0 aromatic carbocycles. The van der Waals surface area contributed by atoms with Gasteiger partial charge in [-0.25, -0.2) is 0 Å². The highest BCUT2D eigenvalue weighted by molar-refractivity contribution is 9.11. The molecular formula is C9H15BrO. The first-order valence-corrected chi connectivity index (χ1v) is 4.49. The van der Waals surface area contributed by atoms with Gasteiger partial charge in [0.2, 0.25) is 0 Å². The van der Waals surface area contributed by atoms with Crippen LogP contribution < -0.4 is 0 Å². The van der Waals surface area contributed by atoms with Gasteiger partial charge in [0.15, 0.2) is 0 Å². The van der Waals surface area contributed by atoms with Gasteiger partial charge in [0.05, 0.1) is 11.1 Å². The Bertz CT molecular complexity index is 150. The standard InChI is InChI=1S/C9H15BrO/c1-7(2)5-6-11-9(4)8(3)10/h7H,3-6H2,1-2H3. The van der Waals surface area contributed by atoms with E-state index in [0.717, 1.165) is 17.5 Å². The fraction of sp³-hybridized carbons (Fsp3) is 0.556. The fourth-order valence-corrected chi connectivity index (χ4v) is 0.611. The second-order valence-electron chi connectivity index (χ2n) is 2.86. The lowest BCUT2D eigenvalue weighted by atomic mass is 10.1. The Kier molecular flexibility index (Phi) is 5.30. The maximum atomic E-state index is 5.27. The normalized spacial score (nSPS) is 9.82.